The monoisotopic (exact) mass is 262 g/mol. The third-order valence-corrected chi connectivity index (χ3v) is 3.86. The molecule has 3 heteroatoms. The highest BCUT2D eigenvalue weighted by atomic mass is 16.5. The summed E-state index contributed by atoms with van der Waals surface area (Å²) in [7, 11) is 1.73. The first-order chi connectivity index (χ1) is 9.30. The molecule has 1 aromatic rings. The fraction of sp³-hybridized carbons (Fsp3) is 0.625. The Balaban J connectivity index is 2.19. The van der Waals surface area contributed by atoms with Crippen LogP contribution >= 0.6 is 0 Å². The van der Waals surface area contributed by atoms with E-state index in [-0.39, 0.29) is 6.04 Å². The first-order valence-corrected chi connectivity index (χ1v) is 7.37. The van der Waals surface area contributed by atoms with Gasteiger partial charge in [0.15, 0.2) is 0 Å². The Morgan fingerprint density at radius 1 is 1.37 bits per heavy atom. The molecule has 1 unspecified atom stereocenters. The first kappa shape index (κ1) is 14.4. The molecule has 1 aliphatic carbocycles. The zero-order chi connectivity index (χ0) is 13.7. The molecule has 0 radical (unpaired) electrons. The van der Waals surface area contributed by atoms with Gasteiger partial charge >= 0.3 is 0 Å². The molecule has 0 heterocycles. The van der Waals surface area contributed by atoms with Gasteiger partial charge in [0.05, 0.1) is 13.2 Å². The molecule has 0 spiro atoms. The summed E-state index contributed by atoms with van der Waals surface area (Å²) in [6, 6.07) is 8.53. The van der Waals surface area contributed by atoms with Crippen LogP contribution in [0.25, 0.3) is 0 Å². The van der Waals surface area contributed by atoms with E-state index in [1.54, 1.807) is 7.11 Å². The second kappa shape index (κ2) is 6.92. The second-order valence-corrected chi connectivity index (χ2v) is 5.43. The lowest BCUT2D eigenvalue weighted by Crippen LogP contribution is -2.36. The average molecular weight is 262 g/mol. The Hall–Kier alpha value is -1.06. The van der Waals surface area contributed by atoms with Gasteiger partial charge in [0, 0.05) is 18.7 Å². The van der Waals surface area contributed by atoms with Crippen molar-refractivity contribution >= 4 is 0 Å². The zero-order valence-electron chi connectivity index (χ0n) is 12.1. The lowest BCUT2D eigenvalue weighted by atomic mass is 10.0. The van der Waals surface area contributed by atoms with E-state index >= 15 is 0 Å². The second-order valence-electron chi connectivity index (χ2n) is 5.43. The van der Waals surface area contributed by atoms with E-state index in [0.29, 0.717) is 6.54 Å². The Labute approximate surface area is 116 Å². The number of nitrogens with two attached hydrogens (primary N) is 1. The minimum absolute atomic E-state index is 0.275. The maximum Gasteiger partial charge on any atom is 0.123 e. The molecule has 0 aliphatic heterocycles. The molecule has 0 amide bonds. The summed E-state index contributed by atoms with van der Waals surface area (Å²) in [6.07, 6.45) is 3.92. The van der Waals surface area contributed by atoms with E-state index in [4.69, 9.17) is 10.5 Å². The van der Waals surface area contributed by atoms with Crippen LogP contribution in [0.2, 0.25) is 0 Å². The average Bonchev–Trinajstić information content (AvgIpc) is 3.24. The minimum Gasteiger partial charge on any atom is -0.496 e. The molecule has 1 saturated carbocycles. The SMILES string of the molecule is CCCN(CC1CC1)C(CN)c1ccccc1OC. The molecule has 0 aromatic heterocycles. The number of benzene rings is 1. The Morgan fingerprint density at radius 2 is 2.11 bits per heavy atom. The van der Waals surface area contributed by atoms with E-state index in [9.17, 15) is 0 Å². The van der Waals surface area contributed by atoms with Gasteiger partial charge in [0.2, 0.25) is 0 Å². The van der Waals surface area contributed by atoms with Gasteiger partial charge in [-0.3, -0.25) is 4.90 Å². The van der Waals surface area contributed by atoms with Gasteiger partial charge in [0.1, 0.15) is 5.75 Å². The molecular weight excluding hydrogens is 236 g/mol. The van der Waals surface area contributed by atoms with Crippen LogP contribution in [0.3, 0.4) is 0 Å². The summed E-state index contributed by atoms with van der Waals surface area (Å²) in [4.78, 5) is 2.54. The van der Waals surface area contributed by atoms with Crippen LogP contribution in [-0.4, -0.2) is 31.6 Å². The van der Waals surface area contributed by atoms with Crippen molar-refractivity contribution in [2.24, 2.45) is 11.7 Å². The predicted octanol–water partition coefficient (Wildman–Crippen LogP) is 2.82. The van der Waals surface area contributed by atoms with Gasteiger partial charge in [-0.15, -0.1) is 0 Å². The normalized spacial score (nSPS) is 16.6. The summed E-state index contributed by atoms with van der Waals surface area (Å²) in [5.41, 5.74) is 7.28. The molecule has 2 rings (SSSR count). The van der Waals surface area contributed by atoms with E-state index in [1.807, 2.05) is 12.1 Å². The molecular formula is C16H26N2O. The summed E-state index contributed by atoms with van der Waals surface area (Å²) in [5, 5.41) is 0. The third kappa shape index (κ3) is 3.71. The predicted molar refractivity (Wildman–Crippen MR) is 79.4 cm³/mol. The van der Waals surface area contributed by atoms with Crippen molar-refractivity contribution in [2.45, 2.75) is 32.2 Å². The van der Waals surface area contributed by atoms with Crippen molar-refractivity contribution in [1.29, 1.82) is 0 Å². The lowest BCUT2D eigenvalue weighted by molar-refractivity contribution is 0.190. The standard InChI is InChI=1S/C16H26N2O/c1-3-10-18(12-13-8-9-13)15(11-17)14-6-4-5-7-16(14)19-2/h4-7,13,15H,3,8-12,17H2,1-2H3. The van der Waals surface area contributed by atoms with Crippen molar-refractivity contribution in [2.75, 3.05) is 26.7 Å². The van der Waals surface area contributed by atoms with Gasteiger partial charge in [-0.2, -0.15) is 0 Å². The van der Waals surface area contributed by atoms with Crippen molar-refractivity contribution in [1.82, 2.24) is 4.90 Å². The molecule has 0 bridgehead atoms. The Kier molecular flexibility index (Phi) is 5.23. The van der Waals surface area contributed by atoms with E-state index in [1.165, 1.54) is 31.4 Å². The van der Waals surface area contributed by atoms with Gasteiger partial charge in [-0.1, -0.05) is 25.1 Å². The molecule has 1 aromatic carbocycles. The van der Waals surface area contributed by atoms with E-state index < -0.39 is 0 Å². The fourth-order valence-corrected chi connectivity index (χ4v) is 2.71. The highest BCUT2D eigenvalue weighted by Gasteiger charge is 2.28. The quantitative estimate of drug-likeness (QED) is 0.783. The van der Waals surface area contributed by atoms with Gasteiger partial charge in [-0.25, -0.2) is 0 Å². The van der Waals surface area contributed by atoms with Crippen molar-refractivity contribution < 1.29 is 4.74 Å². The number of methoxy groups -OCH3 is 1. The first-order valence-electron chi connectivity index (χ1n) is 7.37. The van der Waals surface area contributed by atoms with Crippen LogP contribution in [0.1, 0.15) is 37.8 Å². The Morgan fingerprint density at radius 3 is 2.68 bits per heavy atom. The lowest BCUT2D eigenvalue weighted by Gasteiger charge is -2.32. The van der Waals surface area contributed by atoms with Crippen molar-refractivity contribution in [3.8, 4) is 5.75 Å². The fourth-order valence-electron chi connectivity index (χ4n) is 2.71. The summed E-state index contributed by atoms with van der Waals surface area (Å²) in [6.45, 7) is 5.16. The van der Waals surface area contributed by atoms with Gasteiger partial charge in [0.25, 0.3) is 0 Å². The number of rotatable bonds is 8. The van der Waals surface area contributed by atoms with Crippen molar-refractivity contribution in [3.05, 3.63) is 29.8 Å². The molecule has 1 fully saturated rings. The summed E-state index contributed by atoms with van der Waals surface area (Å²) in [5.74, 6) is 1.84. The van der Waals surface area contributed by atoms with Crippen LogP contribution in [0.4, 0.5) is 0 Å². The van der Waals surface area contributed by atoms with Crippen LogP contribution in [-0.2, 0) is 0 Å². The highest BCUT2D eigenvalue weighted by Crippen LogP contribution is 2.34. The van der Waals surface area contributed by atoms with Gasteiger partial charge < -0.3 is 10.5 Å². The number of hydrogen-bond acceptors (Lipinski definition) is 3. The summed E-state index contributed by atoms with van der Waals surface area (Å²) < 4.78 is 5.49. The molecule has 19 heavy (non-hydrogen) atoms. The molecule has 3 nitrogen and oxygen atoms in total. The number of ether oxygens (including phenoxy) is 1. The molecule has 1 atom stereocenters. The van der Waals surface area contributed by atoms with Crippen LogP contribution in [0, 0.1) is 5.92 Å². The smallest absolute Gasteiger partial charge is 0.123 e. The molecule has 2 N–H and O–H groups in total. The minimum atomic E-state index is 0.275. The maximum absolute atomic E-state index is 6.06. The van der Waals surface area contributed by atoms with Crippen LogP contribution in [0.15, 0.2) is 24.3 Å². The number of hydrogen-bond donors (Lipinski definition) is 1. The van der Waals surface area contributed by atoms with Crippen LogP contribution < -0.4 is 10.5 Å². The third-order valence-electron chi connectivity index (χ3n) is 3.86. The molecule has 0 saturated heterocycles. The zero-order valence-corrected chi connectivity index (χ0v) is 12.1. The van der Waals surface area contributed by atoms with Crippen molar-refractivity contribution in [3.63, 3.8) is 0 Å². The topological polar surface area (TPSA) is 38.5 Å². The summed E-state index contributed by atoms with van der Waals surface area (Å²) >= 11 is 0. The Bertz CT molecular complexity index is 390. The van der Waals surface area contributed by atoms with E-state index in [0.717, 1.165) is 18.2 Å². The number of nitrogens with zero attached hydrogens (tertiary/aromatic N) is 1. The largest absolute Gasteiger partial charge is 0.496 e. The highest BCUT2D eigenvalue weighted by molar-refractivity contribution is 5.36. The molecule has 106 valence electrons. The van der Waals surface area contributed by atoms with Crippen LogP contribution in [0.5, 0.6) is 5.75 Å². The maximum atomic E-state index is 6.06. The molecule has 1 aliphatic rings. The van der Waals surface area contributed by atoms with E-state index in [2.05, 4.69) is 24.0 Å². The van der Waals surface area contributed by atoms with Gasteiger partial charge in [-0.05, 0) is 37.8 Å². The number of para-hydroxylation sites is 1.